The van der Waals surface area contributed by atoms with Crippen LogP contribution in [0.1, 0.15) is 84.0 Å². The molecule has 2 fully saturated rings. The number of hydrogen-bond acceptors (Lipinski definition) is 1. The fourth-order valence-corrected chi connectivity index (χ4v) is 3.56. The molecule has 0 aromatic heterocycles. The predicted octanol–water partition coefficient (Wildman–Crippen LogP) is 4.33. The summed E-state index contributed by atoms with van der Waals surface area (Å²) in [4.78, 5) is 7.48. The normalized spacial score (nSPS) is 22.3. The molecule has 122 valence electrons. The number of hydrogen-bond donors (Lipinski definition) is 1. The molecule has 1 N–H and O–H groups in total. The van der Waals surface area contributed by atoms with Crippen molar-refractivity contribution in [2.24, 2.45) is 4.99 Å². The number of aliphatic imine (C=N–C) groups is 1. The van der Waals surface area contributed by atoms with Crippen molar-refractivity contribution in [1.82, 2.24) is 10.2 Å². The average Bonchev–Trinajstić information content (AvgIpc) is 2.54. The maximum absolute atomic E-state index is 5.11. The molecule has 0 amide bonds. The minimum absolute atomic E-state index is 0.564. The van der Waals surface area contributed by atoms with E-state index in [1.807, 2.05) is 0 Å². The molecular weight excluding hydrogens is 258 g/mol. The summed E-state index contributed by atoms with van der Waals surface area (Å²) in [5.41, 5.74) is 0. The van der Waals surface area contributed by atoms with Crippen molar-refractivity contribution in [3.63, 3.8) is 0 Å². The quantitative estimate of drug-likeness (QED) is 0.603. The Morgan fingerprint density at radius 3 is 2.24 bits per heavy atom. The minimum atomic E-state index is 0.564. The lowest BCUT2D eigenvalue weighted by atomic mass is 9.95. The average molecular weight is 293 g/mol. The van der Waals surface area contributed by atoms with Gasteiger partial charge in [0.2, 0.25) is 0 Å². The van der Waals surface area contributed by atoms with Crippen molar-refractivity contribution in [1.29, 1.82) is 0 Å². The van der Waals surface area contributed by atoms with Crippen LogP contribution >= 0.6 is 0 Å². The van der Waals surface area contributed by atoms with Crippen molar-refractivity contribution in [3.8, 4) is 0 Å². The molecular formula is C18H35N3. The topological polar surface area (TPSA) is 27.6 Å². The lowest BCUT2D eigenvalue weighted by molar-refractivity contribution is 0.377. The van der Waals surface area contributed by atoms with Crippen LogP contribution in [-0.4, -0.2) is 36.5 Å². The van der Waals surface area contributed by atoms with Crippen LogP contribution in [-0.2, 0) is 0 Å². The molecule has 0 atom stereocenters. The SMILES string of the molecule is CCCCN(C)C(=NC1CCCCC1)NC1CCCCC1. The fourth-order valence-electron chi connectivity index (χ4n) is 3.56. The third-order valence-electron chi connectivity index (χ3n) is 5.03. The Bertz CT molecular complexity index is 302. The van der Waals surface area contributed by atoms with Crippen LogP contribution in [0, 0.1) is 0 Å². The molecule has 0 radical (unpaired) electrons. The van der Waals surface area contributed by atoms with E-state index in [-0.39, 0.29) is 0 Å². The zero-order valence-electron chi connectivity index (χ0n) is 14.2. The van der Waals surface area contributed by atoms with E-state index in [0.29, 0.717) is 12.1 Å². The predicted molar refractivity (Wildman–Crippen MR) is 91.9 cm³/mol. The molecule has 21 heavy (non-hydrogen) atoms. The molecule has 0 aromatic rings. The molecule has 0 saturated heterocycles. The third kappa shape index (κ3) is 5.88. The zero-order valence-corrected chi connectivity index (χ0v) is 14.2. The van der Waals surface area contributed by atoms with Crippen LogP contribution in [0.25, 0.3) is 0 Å². The first-order chi connectivity index (χ1) is 10.3. The van der Waals surface area contributed by atoms with Gasteiger partial charge in [-0.1, -0.05) is 51.9 Å². The van der Waals surface area contributed by atoms with Gasteiger partial charge in [-0.25, -0.2) is 4.99 Å². The van der Waals surface area contributed by atoms with Gasteiger partial charge in [-0.3, -0.25) is 0 Å². The van der Waals surface area contributed by atoms with E-state index in [4.69, 9.17) is 4.99 Å². The van der Waals surface area contributed by atoms with Gasteiger partial charge in [-0.15, -0.1) is 0 Å². The summed E-state index contributed by atoms with van der Waals surface area (Å²) in [5, 5.41) is 3.79. The van der Waals surface area contributed by atoms with Crippen molar-refractivity contribution >= 4 is 5.96 Å². The maximum atomic E-state index is 5.11. The van der Waals surface area contributed by atoms with Crippen LogP contribution in [0.4, 0.5) is 0 Å². The van der Waals surface area contributed by atoms with E-state index in [9.17, 15) is 0 Å². The number of unbranched alkanes of at least 4 members (excludes halogenated alkanes) is 1. The molecule has 0 bridgehead atoms. The summed E-state index contributed by atoms with van der Waals surface area (Å²) in [5.74, 6) is 1.18. The van der Waals surface area contributed by atoms with Gasteiger partial charge in [0.05, 0.1) is 6.04 Å². The molecule has 0 aromatic carbocycles. The molecule has 0 heterocycles. The van der Waals surface area contributed by atoms with Gasteiger partial charge in [0, 0.05) is 19.6 Å². The highest BCUT2D eigenvalue weighted by Gasteiger charge is 2.19. The standard InChI is InChI=1S/C18H35N3/c1-3-4-15-21(2)18(19-16-11-7-5-8-12-16)20-17-13-9-6-10-14-17/h16-17H,3-15H2,1-2H3,(H,19,20). The Labute approximate surface area is 131 Å². The van der Waals surface area contributed by atoms with Gasteiger partial charge in [0.25, 0.3) is 0 Å². The summed E-state index contributed by atoms with van der Waals surface area (Å²) in [7, 11) is 2.22. The van der Waals surface area contributed by atoms with E-state index >= 15 is 0 Å². The number of rotatable bonds is 5. The molecule has 3 nitrogen and oxygen atoms in total. The van der Waals surface area contributed by atoms with Crippen LogP contribution < -0.4 is 5.32 Å². The fraction of sp³-hybridized carbons (Fsp3) is 0.944. The Morgan fingerprint density at radius 2 is 1.62 bits per heavy atom. The second-order valence-electron chi connectivity index (χ2n) is 7.00. The van der Waals surface area contributed by atoms with E-state index in [1.54, 1.807) is 0 Å². The van der Waals surface area contributed by atoms with Crippen LogP contribution in [0.15, 0.2) is 4.99 Å². The first-order valence-corrected chi connectivity index (χ1v) is 9.35. The Kier molecular flexibility index (Phi) is 7.38. The first-order valence-electron chi connectivity index (χ1n) is 9.35. The Balaban J connectivity index is 1.95. The zero-order chi connectivity index (χ0) is 14.9. The van der Waals surface area contributed by atoms with Crippen molar-refractivity contribution in [2.75, 3.05) is 13.6 Å². The lowest BCUT2D eigenvalue weighted by Gasteiger charge is -2.31. The molecule has 0 spiro atoms. The highest BCUT2D eigenvalue weighted by Crippen LogP contribution is 2.21. The monoisotopic (exact) mass is 293 g/mol. The summed E-state index contributed by atoms with van der Waals surface area (Å²) in [6.07, 6.45) is 16.1. The summed E-state index contributed by atoms with van der Waals surface area (Å²) >= 11 is 0. The highest BCUT2D eigenvalue weighted by molar-refractivity contribution is 5.80. The summed E-state index contributed by atoms with van der Waals surface area (Å²) in [6.45, 7) is 3.39. The first kappa shape index (κ1) is 16.6. The van der Waals surface area contributed by atoms with Crippen molar-refractivity contribution in [3.05, 3.63) is 0 Å². The molecule has 3 heteroatoms. The second kappa shape index (κ2) is 9.32. The minimum Gasteiger partial charge on any atom is -0.354 e. The van der Waals surface area contributed by atoms with Gasteiger partial charge in [0.1, 0.15) is 0 Å². The van der Waals surface area contributed by atoms with Gasteiger partial charge in [0.15, 0.2) is 5.96 Å². The highest BCUT2D eigenvalue weighted by atomic mass is 15.3. The molecule has 2 aliphatic carbocycles. The molecule has 0 aliphatic heterocycles. The number of guanidine groups is 1. The van der Waals surface area contributed by atoms with Crippen LogP contribution in [0.3, 0.4) is 0 Å². The maximum Gasteiger partial charge on any atom is 0.194 e. The lowest BCUT2D eigenvalue weighted by Crippen LogP contribution is -2.46. The molecule has 2 rings (SSSR count). The van der Waals surface area contributed by atoms with Crippen molar-refractivity contribution in [2.45, 2.75) is 96.1 Å². The van der Waals surface area contributed by atoms with E-state index in [1.165, 1.54) is 83.0 Å². The Morgan fingerprint density at radius 1 is 1.00 bits per heavy atom. The van der Waals surface area contributed by atoms with E-state index < -0.39 is 0 Å². The summed E-state index contributed by atoms with van der Waals surface area (Å²) in [6, 6.07) is 1.22. The number of nitrogens with zero attached hydrogens (tertiary/aromatic N) is 2. The molecule has 2 saturated carbocycles. The smallest absolute Gasteiger partial charge is 0.194 e. The summed E-state index contributed by atoms with van der Waals surface area (Å²) < 4.78 is 0. The van der Waals surface area contributed by atoms with E-state index in [0.717, 1.165) is 6.54 Å². The van der Waals surface area contributed by atoms with Gasteiger partial charge < -0.3 is 10.2 Å². The van der Waals surface area contributed by atoms with Crippen molar-refractivity contribution < 1.29 is 0 Å². The van der Waals surface area contributed by atoms with Crippen LogP contribution in [0.5, 0.6) is 0 Å². The van der Waals surface area contributed by atoms with Gasteiger partial charge in [-0.2, -0.15) is 0 Å². The van der Waals surface area contributed by atoms with Crippen LogP contribution in [0.2, 0.25) is 0 Å². The van der Waals surface area contributed by atoms with Gasteiger partial charge in [-0.05, 0) is 32.1 Å². The number of nitrogens with one attached hydrogen (secondary N) is 1. The largest absolute Gasteiger partial charge is 0.354 e. The van der Waals surface area contributed by atoms with Gasteiger partial charge >= 0.3 is 0 Å². The van der Waals surface area contributed by atoms with E-state index in [2.05, 4.69) is 24.2 Å². The molecule has 2 aliphatic rings. The second-order valence-corrected chi connectivity index (χ2v) is 7.00. The molecule has 0 unspecified atom stereocenters. The third-order valence-corrected chi connectivity index (χ3v) is 5.03. The Hall–Kier alpha value is -0.730.